The molecule has 0 fully saturated rings. The maximum absolute atomic E-state index is 12.7. The van der Waals surface area contributed by atoms with Crippen LogP contribution in [0.1, 0.15) is 12.0 Å². The predicted molar refractivity (Wildman–Crippen MR) is 92.3 cm³/mol. The molecule has 9 heteroatoms. The van der Waals surface area contributed by atoms with Crippen LogP contribution in [0.5, 0.6) is 5.75 Å². The van der Waals surface area contributed by atoms with E-state index in [-0.39, 0.29) is 22.1 Å². The Morgan fingerprint density at radius 1 is 1.07 bits per heavy atom. The molecule has 0 saturated carbocycles. The van der Waals surface area contributed by atoms with Gasteiger partial charge in [0.2, 0.25) is 9.84 Å². The molecule has 146 valence electrons. The third kappa shape index (κ3) is 5.22. The Bertz CT molecular complexity index is 894. The van der Waals surface area contributed by atoms with E-state index in [9.17, 15) is 26.4 Å². The van der Waals surface area contributed by atoms with Crippen molar-refractivity contribution < 1.29 is 31.1 Å². The average Bonchev–Trinajstić information content (AvgIpc) is 2.64. The Morgan fingerprint density at radius 2 is 1.70 bits per heavy atom. The lowest BCUT2D eigenvalue weighted by Crippen LogP contribution is -2.37. The molecule has 1 N–H and O–H groups in total. The van der Waals surface area contributed by atoms with E-state index in [0.29, 0.717) is 12.8 Å². The van der Waals surface area contributed by atoms with Crippen LogP contribution in [0.4, 0.5) is 13.2 Å². The second-order valence-corrected chi connectivity index (χ2v) is 7.57. The van der Waals surface area contributed by atoms with Gasteiger partial charge >= 0.3 is 12.1 Å². The van der Waals surface area contributed by atoms with Gasteiger partial charge in [-0.1, -0.05) is 24.3 Å². The first-order chi connectivity index (χ1) is 12.7. The summed E-state index contributed by atoms with van der Waals surface area (Å²) in [6.07, 6.45) is -4.21. The van der Waals surface area contributed by atoms with Crippen molar-refractivity contribution in [3.05, 3.63) is 54.1 Å². The highest BCUT2D eigenvalue weighted by Gasteiger charge is 2.38. The minimum absolute atomic E-state index is 0.0510. The molecule has 0 aromatic heterocycles. The van der Waals surface area contributed by atoms with Crippen molar-refractivity contribution in [2.75, 3.05) is 13.7 Å². The number of benzene rings is 2. The largest absolute Gasteiger partial charge is 0.495 e. The van der Waals surface area contributed by atoms with Crippen molar-refractivity contribution in [2.45, 2.75) is 28.8 Å². The molecule has 1 amide bonds. The molecular formula is C18H18F3NO4S. The van der Waals surface area contributed by atoms with Crippen LogP contribution in [0.25, 0.3) is 0 Å². The molecule has 5 nitrogen and oxygen atoms in total. The quantitative estimate of drug-likeness (QED) is 0.724. The van der Waals surface area contributed by atoms with Crippen LogP contribution in [0.3, 0.4) is 0 Å². The molecule has 0 atom stereocenters. The Kier molecular flexibility index (Phi) is 6.48. The number of hydrogen-bond donors (Lipinski definition) is 1. The second-order valence-electron chi connectivity index (χ2n) is 5.66. The van der Waals surface area contributed by atoms with Crippen LogP contribution in [-0.2, 0) is 21.1 Å². The Hall–Kier alpha value is -2.55. The lowest BCUT2D eigenvalue weighted by molar-refractivity contribution is -0.173. The topological polar surface area (TPSA) is 72.5 Å². The lowest BCUT2D eigenvalue weighted by Gasteiger charge is -2.10. The summed E-state index contributed by atoms with van der Waals surface area (Å²) in [4.78, 5) is 10.8. The highest BCUT2D eigenvalue weighted by Crippen LogP contribution is 2.29. The Balaban J connectivity index is 2.02. The van der Waals surface area contributed by atoms with Crippen LogP contribution in [0.2, 0.25) is 0 Å². The van der Waals surface area contributed by atoms with Crippen molar-refractivity contribution >= 4 is 15.7 Å². The van der Waals surface area contributed by atoms with Gasteiger partial charge in [-0.3, -0.25) is 4.79 Å². The maximum Gasteiger partial charge on any atom is 0.471 e. The molecule has 0 bridgehead atoms. The maximum atomic E-state index is 12.7. The van der Waals surface area contributed by atoms with E-state index in [0.717, 1.165) is 5.56 Å². The summed E-state index contributed by atoms with van der Waals surface area (Å²) in [5, 5.41) is 1.79. The number of aryl methyl sites for hydroxylation is 1. The zero-order valence-electron chi connectivity index (χ0n) is 14.4. The number of ether oxygens (including phenoxy) is 1. The molecule has 2 rings (SSSR count). The molecule has 0 heterocycles. The fourth-order valence-corrected chi connectivity index (χ4v) is 3.82. The summed E-state index contributed by atoms with van der Waals surface area (Å²) in [5.41, 5.74) is 0.746. The van der Waals surface area contributed by atoms with Crippen LogP contribution >= 0.6 is 0 Å². The van der Waals surface area contributed by atoms with Gasteiger partial charge in [0.1, 0.15) is 10.6 Å². The van der Waals surface area contributed by atoms with Gasteiger partial charge in [0.05, 0.1) is 12.0 Å². The number of carbonyl (C=O) groups excluding carboxylic acids is 1. The second kappa shape index (κ2) is 8.43. The third-order valence-electron chi connectivity index (χ3n) is 3.78. The number of alkyl halides is 3. The van der Waals surface area contributed by atoms with Crippen molar-refractivity contribution in [1.82, 2.24) is 5.32 Å². The summed E-state index contributed by atoms with van der Waals surface area (Å²) in [6.45, 7) is -0.125. The number of rotatable bonds is 7. The molecule has 27 heavy (non-hydrogen) atoms. The van der Waals surface area contributed by atoms with E-state index >= 15 is 0 Å². The zero-order chi connectivity index (χ0) is 20.1. The molecule has 0 saturated heterocycles. The summed E-state index contributed by atoms with van der Waals surface area (Å²) in [6, 6.07) is 12.3. The highest BCUT2D eigenvalue weighted by molar-refractivity contribution is 7.91. The number of methoxy groups -OCH3 is 1. The summed E-state index contributed by atoms with van der Waals surface area (Å²) in [7, 11) is -2.37. The van der Waals surface area contributed by atoms with Crippen LogP contribution < -0.4 is 10.1 Å². The molecule has 0 aliphatic heterocycles. The van der Waals surface area contributed by atoms with E-state index in [2.05, 4.69) is 0 Å². The zero-order valence-corrected chi connectivity index (χ0v) is 15.2. The number of nitrogens with one attached hydrogen (secondary N) is 1. The number of para-hydroxylation sites is 1. The highest BCUT2D eigenvalue weighted by atomic mass is 32.2. The smallest absolute Gasteiger partial charge is 0.471 e. The molecule has 0 unspecified atom stereocenters. The average molecular weight is 401 g/mol. The van der Waals surface area contributed by atoms with Gasteiger partial charge in [-0.25, -0.2) is 8.42 Å². The molecule has 2 aromatic carbocycles. The minimum Gasteiger partial charge on any atom is -0.495 e. The predicted octanol–water partition coefficient (Wildman–Crippen LogP) is 3.14. The fourth-order valence-electron chi connectivity index (χ4n) is 2.40. The monoisotopic (exact) mass is 401 g/mol. The standard InChI is InChI=1S/C18H18F3NO4S/c1-26-15-6-2-3-7-16(15)27(24,25)14-10-8-13(9-11-14)5-4-12-22-17(23)18(19,20)21/h2-3,6-11H,4-5,12H2,1H3,(H,22,23). The molecule has 0 spiro atoms. The van der Waals surface area contributed by atoms with E-state index < -0.39 is 21.9 Å². The van der Waals surface area contributed by atoms with Gasteiger partial charge in [0.15, 0.2) is 0 Å². The van der Waals surface area contributed by atoms with Crippen molar-refractivity contribution in [1.29, 1.82) is 0 Å². The minimum atomic E-state index is -4.89. The first kappa shape index (κ1) is 20.8. The van der Waals surface area contributed by atoms with Crippen LogP contribution in [0, 0.1) is 0 Å². The van der Waals surface area contributed by atoms with Gasteiger partial charge < -0.3 is 10.1 Å². The SMILES string of the molecule is COc1ccccc1S(=O)(=O)c1ccc(CCCNC(=O)C(F)(F)F)cc1. The molecular weight excluding hydrogens is 383 g/mol. The van der Waals surface area contributed by atoms with Gasteiger partial charge in [-0.15, -0.1) is 0 Å². The number of amides is 1. The summed E-state index contributed by atoms with van der Waals surface area (Å²) in [5.74, 6) is -1.73. The lowest BCUT2D eigenvalue weighted by atomic mass is 10.1. The number of carbonyl (C=O) groups is 1. The van der Waals surface area contributed by atoms with Crippen LogP contribution in [0.15, 0.2) is 58.3 Å². The summed E-state index contributed by atoms with van der Waals surface area (Å²) < 4.78 is 66.7. The van der Waals surface area contributed by atoms with Gasteiger partial charge in [-0.2, -0.15) is 13.2 Å². The van der Waals surface area contributed by atoms with Crippen LogP contribution in [-0.4, -0.2) is 34.2 Å². The molecule has 0 aliphatic carbocycles. The van der Waals surface area contributed by atoms with E-state index in [1.165, 1.54) is 25.3 Å². The van der Waals surface area contributed by atoms with Crippen molar-refractivity contribution in [2.24, 2.45) is 0 Å². The Labute approximate surface area is 155 Å². The molecule has 0 aliphatic rings. The van der Waals surface area contributed by atoms with Gasteiger partial charge in [0.25, 0.3) is 0 Å². The Morgan fingerprint density at radius 3 is 2.30 bits per heavy atom. The molecule has 0 radical (unpaired) electrons. The van der Waals surface area contributed by atoms with Crippen molar-refractivity contribution in [3.63, 3.8) is 0 Å². The first-order valence-corrected chi connectivity index (χ1v) is 9.46. The van der Waals surface area contributed by atoms with E-state index in [1.54, 1.807) is 35.6 Å². The van der Waals surface area contributed by atoms with Gasteiger partial charge in [0, 0.05) is 6.54 Å². The van der Waals surface area contributed by atoms with Gasteiger partial charge in [-0.05, 0) is 42.7 Å². The normalized spacial score (nSPS) is 11.9. The number of halogens is 3. The molecule has 2 aromatic rings. The third-order valence-corrected chi connectivity index (χ3v) is 5.59. The number of sulfone groups is 1. The first-order valence-electron chi connectivity index (χ1n) is 7.98. The number of hydrogen-bond acceptors (Lipinski definition) is 4. The van der Waals surface area contributed by atoms with Crippen molar-refractivity contribution in [3.8, 4) is 5.75 Å². The summed E-state index contributed by atoms with van der Waals surface area (Å²) >= 11 is 0. The van der Waals surface area contributed by atoms with E-state index in [1.807, 2.05) is 0 Å². The fraction of sp³-hybridized carbons (Fsp3) is 0.278. The van der Waals surface area contributed by atoms with E-state index in [4.69, 9.17) is 4.74 Å².